The van der Waals surface area contributed by atoms with Crippen LogP contribution < -0.4 is 16.4 Å². The van der Waals surface area contributed by atoms with Crippen LogP contribution in [0.15, 0.2) is 0 Å². The molecule has 32 heavy (non-hydrogen) atoms. The van der Waals surface area contributed by atoms with Gasteiger partial charge in [0.2, 0.25) is 0 Å². The van der Waals surface area contributed by atoms with Crippen LogP contribution in [0, 0.1) is 5.92 Å². The smallest absolute Gasteiger partial charge is 0.451 e. The molecule has 2 rings (SSSR count). The molecule has 2 aliphatic rings. The van der Waals surface area contributed by atoms with Gasteiger partial charge in [-0.25, -0.2) is 0 Å². The zero-order valence-electron chi connectivity index (χ0n) is 19.7. The lowest BCUT2D eigenvalue weighted by Crippen LogP contribution is -2.63. The van der Waals surface area contributed by atoms with E-state index >= 15 is 0 Å². The Balaban J connectivity index is 2.27. The van der Waals surface area contributed by atoms with Gasteiger partial charge in [0.1, 0.15) is 0 Å². The third kappa shape index (κ3) is 6.30. The second kappa shape index (κ2) is 10.8. The van der Waals surface area contributed by atoms with E-state index in [4.69, 9.17) is 5.73 Å². The van der Waals surface area contributed by atoms with Gasteiger partial charge in [-0.2, -0.15) is 17.0 Å². The van der Waals surface area contributed by atoms with Crippen molar-refractivity contribution in [3.8, 4) is 0 Å². The van der Waals surface area contributed by atoms with Gasteiger partial charge in [0.15, 0.2) is 0 Å². The van der Waals surface area contributed by atoms with Crippen LogP contribution in [0.25, 0.3) is 0 Å². The number of hydrogen-bond acceptors (Lipinski definition) is 8. The first-order chi connectivity index (χ1) is 14.7. The normalized spacial score (nSPS) is 28.1. The number of carboxylic acids is 1. The molecule has 11 nitrogen and oxygen atoms in total. The van der Waals surface area contributed by atoms with E-state index in [0.29, 0.717) is 29.8 Å². The summed E-state index contributed by atoms with van der Waals surface area (Å²) in [4.78, 5) is 11.4. The molecule has 0 saturated carbocycles. The molecule has 2 saturated heterocycles. The van der Waals surface area contributed by atoms with Crippen LogP contribution in [-0.2, 0) is 15.0 Å². The van der Waals surface area contributed by atoms with E-state index in [0.717, 1.165) is 0 Å². The Morgan fingerprint density at radius 1 is 1.38 bits per heavy atom. The fourth-order valence-electron chi connectivity index (χ4n) is 4.64. The van der Waals surface area contributed by atoms with E-state index < -0.39 is 34.4 Å². The van der Waals surface area contributed by atoms with Gasteiger partial charge in [-0.1, -0.05) is 0 Å². The standard InChI is InChI=1S/C18H40BN5O6SSi/c1-11(2)24(13-7-21-8-13)31(29,30)23-9-14(18(4,20)10-23)15(5-6-19(27)28)22-12(3)16(32)17(25)26/h11-16,21-22,27-28H,5-10,20H2,1-4,32H3,(H,25,26)/t12-,14+,15?,16?,18-/m0/s1. The molecule has 14 heteroatoms. The van der Waals surface area contributed by atoms with E-state index in [1.165, 1.54) is 4.31 Å². The number of carbonyl (C=O) groups is 1. The van der Waals surface area contributed by atoms with Crippen molar-refractivity contribution in [2.75, 3.05) is 26.2 Å². The lowest BCUT2D eigenvalue weighted by molar-refractivity contribution is -0.137. The van der Waals surface area contributed by atoms with Gasteiger partial charge in [-0.3, -0.25) is 4.79 Å². The van der Waals surface area contributed by atoms with Gasteiger partial charge >= 0.3 is 13.1 Å². The SMILES string of the molecule is CC(C)N(C1CNC1)S(=O)(=O)N1C[C@H](C(CCB(O)O)N[C@@H](C)C([SiH3])C(=O)O)[C@@](C)(N)C1. The van der Waals surface area contributed by atoms with Crippen LogP contribution >= 0.6 is 0 Å². The first-order valence-corrected chi connectivity index (χ1v) is 13.9. The van der Waals surface area contributed by atoms with Crippen LogP contribution in [0.2, 0.25) is 11.9 Å². The molecule has 0 radical (unpaired) electrons. The first-order valence-electron chi connectivity index (χ1n) is 11.3. The maximum absolute atomic E-state index is 13.5. The third-order valence-electron chi connectivity index (χ3n) is 6.82. The highest BCUT2D eigenvalue weighted by atomic mass is 32.2. The maximum atomic E-state index is 13.5. The molecule has 7 N–H and O–H groups in total. The van der Waals surface area contributed by atoms with E-state index in [2.05, 4.69) is 10.6 Å². The Morgan fingerprint density at radius 2 is 1.97 bits per heavy atom. The van der Waals surface area contributed by atoms with Crippen molar-refractivity contribution in [2.45, 2.75) is 75.7 Å². The third-order valence-corrected chi connectivity index (χ3v) is 10.5. The molecule has 0 bridgehead atoms. The number of nitrogens with one attached hydrogen (secondary N) is 2. The highest BCUT2D eigenvalue weighted by Gasteiger charge is 2.51. The van der Waals surface area contributed by atoms with Gasteiger partial charge in [-0.15, -0.1) is 0 Å². The highest BCUT2D eigenvalue weighted by molar-refractivity contribution is 7.86. The summed E-state index contributed by atoms with van der Waals surface area (Å²) < 4.78 is 30.1. The van der Waals surface area contributed by atoms with Crippen LogP contribution in [-0.4, -0.2) is 111 Å². The molecule has 0 aromatic rings. The zero-order valence-corrected chi connectivity index (χ0v) is 22.5. The number of hydrogen-bond donors (Lipinski definition) is 6. The maximum Gasteiger partial charge on any atom is 0.451 e. The topological polar surface area (TPSA) is 168 Å². The van der Waals surface area contributed by atoms with Gasteiger partial charge in [-0.05, 0) is 40.4 Å². The number of nitrogens with two attached hydrogens (primary N) is 1. The van der Waals surface area contributed by atoms with Crippen molar-refractivity contribution in [3.05, 3.63) is 0 Å². The summed E-state index contributed by atoms with van der Waals surface area (Å²) >= 11 is 0. The molecule has 0 aliphatic carbocycles. The van der Waals surface area contributed by atoms with Gasteiger partial charge < -0.3 is 31.5 Å². The molecule has 0 aromatic heterocycles. The van der Waals surface area contributed by atoms with Crippen LogP contribution in [0.5, 0.6) is 0 Å². The average Bonchev–Trinajstić information content (AvgIpc) is 2.95. The zero-order chi connectivity index (χ0) is 24.4. The second-order valence-corrected chi connectivity index (χ2v) is 13.0. The molecule has 186 valence electrons. The Kier molecular flexibility index (Phi) is 9.32. The van der Waals surface area contributed by atoms with Crippen LogP contribution in [0.4, 0.5) is 0 Å². The van der Waals surface area contributed by atoms with Crippen molar-refractivity contribution < 1.29 is 28.4 Å². The summed E-state index contributed by atoms with van der Waals surface area (Å²) in [6, 6.07) is -1.01. The van der Waals surface area contributed by atoms with Crippen molar-refractivity contribution in [1.29, 1.82) is 0 Å². The second-order valence-electron chi connectivity index (χ2n) is 9.90. The molecule has 0 amide bonds. The number of nitrogens with zero attached hydrogens (tertiary/aromatic N) is 2. The van der Waals surface area contributed by atoms with Crippen molar-refractivity contribution in [1.82, 2.24) is 19.2 Å². The molecule has 0 aromatic carbocycles. The summed E-state index contributed by atoms with van der Waals surface area (Å²) in [6.07, 6.45) is 0.413. The number of rotatable bonds is 12. The molecule has 5 atom stereocenters. The Bertz CT molecular complexity index is 754. The van der Waals surface area contributed by atoms with Crippen LogP contribution in [0.3, 0.4) is 0 Å². The first kappa shape index (κ1) is 27.7. The monoisotopic (exact) mass is 493 g/mol. The molecular formula is C18H40BN5O6SSi. The Morgan fingerprint density at radius 3 is 2.41 bits per heavy atom. The summed E-state index contributed by atoms with van der Waals surface area (Å²) in [5, 5.41) is 34.6. The summed E-state index contributed by atoms with van der Waals surface area (Å²) in [5.41, 5.74) is 5.21. The van der Waals surface area contributed by atoms with Crippen LogP contribution in [0.1, 0.15) is 34.1 Å². The summed E-state index contributed by atoms with van der Waals surface area (Å²) in [6.45, 7) is 8.86. The molecule has 2 unspecified atom stereocenters. The molecule has 0 spiro atoms. The largest absolute Gasteiger partial charge is 0.481 e. The predicted molar refractivity (Wildman–Crippen MR) is 128 cm³/mol. The lowest BCUT2D eigenvalue weighted by Gasteiger charge is -2.41. The minimum atomic E-state index is -3.75. The predicted octanol–water partition coefficient (Wildman–Crippen LogP) is -2.99. The fraction of sp³-hybridized carbons (Fsp3) is 0.944. The van der Waals surface area contributed by atoms with Crippen molar-refractivity contribution in [2.24, 2.45) is 11.7 Å². The van der Waals surface area contributed by atoms with Crippen molar-refractivity contribution in [3.63, 3.8) is 0 Å². The minimum absolute atomic E-state index is 0.0778. The van der Waals surface area contributed by atoms with Crippen molar-refractivity contribution >= 4 is 33.5 Å². The Hall–Kier alpha value is -0.578. The fourth-order valence-corrected chi connectivity index (χ4v) is 6.95. The molecule has 2 aliphatic heterocycles. The summed E-state index contributed by atoms with van der Waals surface area (Å²) in [5.74, 6) is -1.21. The van der Waals surface area contributed by atoms with Gasteiger partial charge in [0, 0.05) is 66.0 Å². The Labute approximate surface area is 194 Å². The van der Waals surface area contributed by atoms with E-state index in [9.17, 15) is 28.4 Å². The number of carboxylic acid groups (broad SMARTS) is 1. The van der Waals surface area contributed by atoms with Gasteiger partial charge in [0.05, 0.1) is 11.6 Å². The lowest BCUT2D eigenvalue weighted by atomic mass is 9.76. The highest BCUT2D eigenvalue weighted by Crippen LogP contribution is 2.34. The number of aliphatic carboxylic acids is 1. The molecule has 2 fully saturated rings. The average molecular weight is 494 g/mol. The summed E-state index contributed by atoms with van der Waals surface area (Å²) in [7, 11) is -4.82. The molecule has 2 heterocycles. The quantitative estimate of drug-likeness (QED) is 0.155. The van der Waals surface area contributed by atoms with E-state index in [-0.39, 0.29) is 49.5 Å². The van der Waals surface area contributed by atoms with E-state index in [1.54, 1.807) is 11.2 Å². The van der Waals surface area contributed by atoms with E-state index in [1.807, 2.05) is 20.8 Å². The minimum Gasteiger partial charge on any atom is -0.481 e. The van der Waals surface area contributed by atoms with Gasteiger partial charge in [0.25, 0.3) is 10.2 Å². The molecular weight excluding hydrogens is 453 g/mol.